The molecule has 0 unspecified atom stereocenters. The fourth-order valence-electron chi connectivity index (χ4n) is 3.03. The summed E-state index contributed by atoms with van der Waals surface area (Å²) >= 11 is 14.3. The zero-order valence-corrected chi connectivity index (χ0v) is 21.5. The number of nitrogens with zero attached hydrogens (tertiary/aromatic N) is 1. The van der Waals surface area contributed by atoms with E-state index < -0.39 is 5.91 Å². The molecule has 33 heavy (non-hydrogen) atoms. The minimum Gasteiger partial charge on any atom is -0.493 e. The number of rotatable bonds is 7. The average molecular weight is 593 g/mol. The molecule has 1 N–H and O–H groups in total. The number of ether oxygens (including phenoxy) is 2. The summed E-state index contributed by atoms with van der Waals surface area (Å²) in [4.78, 5) is 12.6. The summed E-state index contributed by atoms with van der Waals surface area (Å²) in [6.45, 7) is 2.41. The van der Waals surface area contributed by atoms with Gasteiger partial charge in [-0.3, -0.25) is 4.79 Å². The Bertz CT molecular complexity index is 1270. The van der Waals surface area contributed by atoms with E-state index in [1.54, 1.807) is 24.3 Å². The van der Waals surface area contributed by atoms with Gasteiger partial charge in [0.25, 0.3) is 5.91 Å². The molecule has 0 aliphatic rings. The monoisotopic (exact) mass is 592 g/mol. The first-order valence-electron chi connectivity index (χ1n) is 9.75. The number of hydrogen-bond donors (Lipinski definition) is 1. The summed E-state index contributed by atoms with van der Waals surface area (Å²) in [6, 6.07) is 18.4. The van der Waals surface area contributed by atoms with E-state index in [0.29, 0.717) is 34.4 Å². The zero-order chi connectivity index (χ0) is 24.0. The van der Waals surface area contributed by atoms with Crippen molar-refractivity contribution in [2.75, 3.05) is 12.4 Å². The Balaban J connectivity index is 1.84. The SMILES string of the molecule is COc1cc(/C=C(/C#N)C(=O)Nc2cccc(Cl)c2Cl)cc(I)c1OCc1cccc(C)c1. The standard InChI is InChI=1S/C25H19Cl2IN2O3/c1-15-5-3-6-16(9-15)14-33-24-20(28)11-17(12-22(24)32-2)10-18(13-29)25(31)30-21-8-4-7-19(26)23(21)27/h3-12H,14H2,1-2H3,(H,30,31)/b18-10-. The predicted octanol–water partition coefficient (Wildman–Crippen LogP) is 7.04. The third kappa shape index (κ3) is 6.41. The lowest BCUT2D eigenvalue weighted by Gasteiger charge is -2.14. The maximum Gasteiger partial charge on any atom is 0.266 e. The van der Waals surface area contributed by atoms with Crippen LogP contribution in [0.2, 0.25) is 10.0 Å². The van der Waals surface area contributed by atoms with E-state index in [1.165, 1.54) is 13.2 Å². The van der Waals surface area contributed by atoms with Crippen molar-refractivity contribution in [3.8, 4) is 17.6 Å². The van der Waals surface area contributed by atoms with E-state index >= 15 is 0 Å². The van der Waals surface area contributed by atoms with Gasteiger partial charge in [0.15, 0.2) is 11.5 Å². The van der Waals surface area contributed by atoms with Gasteiger partial charge in [0.05, 0.1) is 26.4 Å². The van der Waals surface area contributed by atoms with Crippen LogP contribution in [0.1, 0.15) is 16.7 Å². The molecule has 3 aromatic carbocycles. The van der Waals surface area contributed by atoms with Crippen LogP contribution in [-0.4, -0.2) is 13.0 Å². The number of amides is 1. The highest BCUT2D eigenvalue weighted by atomic mass is 127. The summed E-state index contributed by atoms with van der Waals surface area (Å²) in [5.74, 6) is 0.484. The van der Waals surface area contributed by atoms with Crippen LogP contribution in [-0.2, 0) is 11.4 Å². The molecule has 5 nitrogen and oxygen atoms in total. The van der Waals surface area contributed by atoms with E-state index in [9.17, 15) is 10.1 Å². The van der Waals surface area contributed by atoms with Gasteiger partial charge in [-0.2, -0.15) is 5.26 Å². The van der Waals surface area contributed by atoms with Crippen LogP contribution in [0.25, 0.3) is 6.08 Å². The molecule has 0 radical (unpaired) electrons. The number of benzene rings is 3. The normalized spacial score (nSPS) is 11.0. The number of nitriles is 1. The number of halogens is 3. The maximum absolute atomic E-state index is 12.6. The number of methoxy groups -OCH3 is 1. The van der Waals surface area contributed by atoms with E-state index in [1.807, 2.05) is 37.3 Å². The second-order valence-electron chi connectivity index (χ2n) is 7.04. The molecule has 3 aromatic rings. The molecule has 0 atom stereocenters. The molecule has 0 spiro atoms. The van der Waals surface area contributed by atoms with E-state index in [4.69, 9.17) is 32.7 Å². The smallest absolute Gasteiger partial charge is 0.266 e. The predicted molar refractivity (Wildman–Crippen MR) is 140 cm³/mol. The average Bonchev–Trinajstić information content (AvgIpc) is 2.79. The van der Waals surface area contributed by atoms with Crippen molar-refractivity contribution in [1.82, 2.24) is 0 Å². The molecular weight excluding hydrogens is 574 g/mol. The maximum atomic E-state index is 12.6. The quantitative estimate of drug-likeness (QED) is 0.181. The van der Waals surface area contributed by atoms with Gasteiger partial charge < -0.3 is 14.8 Å². The molecule has 0 aromatic heterocycles. The van der Waals surface area contributed by atoms with Crippen molar-refractivity contribution in [3.05, 3.63) is 90.5 Å². The van der Waals surface area contributed by atoms with Gasteiger partial charge in [-0.1, -0.05) is 59.1 Å². The first kappa shape index (κ1) is 24.9. The van der Waals surface area contributed by atoms with Crippen LogP contribution in [0.5, 0.6) is 11.5 Å². The highest BCUT2D eigenvalue weighted by molar-refractivity contribution is 14.1. The van der Waals surface area contributed by atoms with Crippen molar-refractivity contribution in [2.45, 2.75) is 13.5 Å². The number of carbonyl (C=O) groups excluding carboxylic acids is 1. The van der Waals surface area contributed by atoms with Crippen molar-refractivity contribution >= 4 is 63.5 Å². The second kappa shape index (κ2) is 11.4. The van der Waals surface area contributed by atoms with Gasteiger partial charge in [0.2, 0.25) is 0 Å². The van der Waals surface area contributed by atoms with Crippen molar-refractivity contribution in [1.29, 1.82) is 5.26 Å². The van der Waals surface area contributed by atoms with Crippen LogP contribution >= 0.6 is 45.8 Å². The number of anilines is 1. The first-order valence-corrected chi connectivity index (χ1v) is 11.6. The molecule has 3 rings (SSSR count). The Morgan fingerprint density at radius 1 is 1.18 bits per heavy atom. The molecule has 8 heteroatoms. The van der Waals surface area contributed by atoms with Crippen LogP contribution in [0.15, 0.2) is 60.2 Å². The van der Waals surface area contributed by atoms with Crippen LogP contribution in [0, 0.1) is 21.8 Å². The minimum atomic E-state index is -0.601. The lowest BCUT2D eigenvalue weighted by atomic mass is 10.1. The molecule has 0 bridgehead atoms. The fourth-order valence-corrected chi connectivity index (χ4v) is 4.15. The van der Waals surface area contributed by atoms with Crippen LogP contribution in [0.4, 0.5) is 5.69 Å². The third-order valence-electron chi connectivity index (χ3n) is 4.59. The summed E-state index contributed by atoms with van der Waals surface area (Å²) in [6.07, 6.45) is 1.48. The molecule has 0 saturated carbocycles. The molecule has 1 amide bonds. The van der Waals surface area contributed by atoms with Crippen molar-refractivity contribution in [2.24, 2.45) is 0 Å². The lowest BCUT2D eigenvalue weighted by Crippen LogP contribution is -2.13. The Labute approximate surface area is 216 Å². The number of carbonyl (C=O) groups is 1. The summed E-state index contributed by atoms with van der Waals surface area (Å²) in [5, 5.41) is 12.7. The zero-order valence-electron chi connectivity index (χ0n) is 17.8. The molecule has 0 aliphatic carbocycles. The van der Waals surface area contributed by atoms with Crippen molar-refractivity contribution in [3.63, 3.8) is 0 Å². The van der Waals surface area contributed by atoms with Gasteiger partial charge >= 0.3 is 0 Å². The Morgan fingerprint density at radius 3 is 2.64 bits per heavy atom. The van der Waals surface area contributed by atoms with Gasteiger partial charge in [0, 0.05) is 0 Å². The minimum absolute atomic E-state index is 0.0997. The Hall–Kier alpha value is -2.73. The topological polar surface area (TPSA) is 71.3 Å². The summed E-state index contributed by atoms with van der Waals surface area (Å²) < 4.78 is 12.3. The largest absolute Gasteiger partial charge is 0.493 e. The Kier molecular flexibility index (Phi) is 8.61. The first-order chi connectivity index (χ1) is 15.8. The van der Waals surface area contributed by atoms with Crippen LogP contribution in [0.3, 0.4) is 0 Å². The third-order valence-corrected chi connectivity index (χ3v) is 6.21. The van der Waals surface area contributed by atoms with E-state index in [2.05, 4.69) is 34.0 Å². The highest BCUT2D eigenvalue weighted by Gasteiger charge is 2.15. The second-order valence-corrected chi connectivity index (χ2v) is 8.98. The van der Waals surface area contributed by atoms with Gasteiger partial charge in [-0.25, -0.2) is 0 Å². The number of hydrogen-bond acceptors (Lipinski definition) is 4. The van der Waals surface area contributed by atoms with Gasteiger partial charge in [0.1, 0.15) is 18.2 Å². The van der Waals surface area contributed by atoms with Gasteiger partial charge in [-0.05, 0) is 71.0 Å². The highest BCUT2D eigenvalue weighted by Crippen LogP contribution is 2.35. The molecule has 0 heterocycles. The molecule has 0 fully saturated rings. The van der Waals surface area contributed by atoms with E-state index in [0.717, 1.165) is 14.7 Å². The number of aryl methyl sites for hydroxylation is 1. The summed E-state index contributed by atoms with van der Waals surface area (Å²) in [5.41, 5.74) is 3.03. The van der Waals surface area contributed by atoms with Crippen molar-refractivity contribution < 1.29 is 14.3 Å². The molecular formula is C25H19Cl2IN2O3. The molecule has 0 aliphatic heterocycles. The van der Waals surface area contributed by atoms with Crippen LogP contribution < -0.4 is 14.8 Å². The number of nitrogens with one attached hydrogen (secondary N) is 1. The molecule has 168 valence electrons. The van der Waals surface area contributed by atoms with Gasteiger partial charge in [-0.15, -0.1) is 0 Å². The lowest BCUT2D eigenvalue weighted by molar-refractivity contribution is -0.112. The Morgan fingerprint density at radius 2 is 1.94 bits per heavy atom. The summed E-state index contributed by atoms with van der Waals surface area (Å²) in [7, 11) is 1.54. The van der Waals surface area contributed by atoms with E-state index in [-0.39, 0.29) is 10.6 Å². The fraction of sp³-hybridized carbons (Fsp3) is 0.120. The molecule has 0 saturated heterocycles.